The minimum atomic E-state index is -0.876. The quantitative estimate of drug-likeness (QED) is 0.258. The second kappa shape index (κ2) is 13.4. The van der Waals surface area contributed by atoms with Crippen LogP contribution in [0.5, 0.6) is 5.75 Å². The van der Waals surface area contributed by atoms with Gasteiger partial charge >= 0.3 is 5.97 Å². The molecule has 0 saturated heterocycles. The molecule has 1 unspecified atom stereocenters. The Labute approximate surface area is 213 Å². The van der Waals surface area contributed by atoms with Crippen LogP contribution in [-0.4, -0.2) is 16.2 Å². The fraction of sp³-hybridized carbons (Fsp3) is 0.286. The molecule has 0 aliphatic carbocycles. The average molecular weight is 542 g/mol. The zero-order valence-corrected chi connectivity index (χ0v) is 21.6. The second-order valence-electron chi connectivity index (χ2n) is 8.36. The van der Waals surface area contributed by atoms with Gasteiger partial charge in [-0.05, 0) is 53.6 Å². The maximum absolute atomic E-state index is 12.8. The molecular formula is C28H29BrO4S. The third-order valence-electron chi connectivity index (χ3n) is 5.42. The summed E-state index contributed by atoms with van der Waals surface area (Å²) in [5.74, 6) is -0.305. The van der Waals surface area contributed by atoms with Crippen LogP contribution in [0.15, 0.2) is 83.3 Å². The van der Waals surface area contributed by atoms with E-state index in [1.807, 2.05) is 72.8 Å². The van der Waals surface area contributed by atoms with E-state index in [0.717, 1.165) is 34.2 Å². The molecule has 0 amide bonds. The summed E-state index contributed by atoms with van der Waals surface area (Å²) in [6, 6.07) is 26.0. The van der Waals surface area contributed by atoms with Crippen molar-refractivity contribution >= 4 is 38.8 Å². The van der Waals surface area contributed by atoms with Gasteiger partial charge in [-0.2, -0.15) is 0 Å². The standard InChI is InChI=1S/C28H29BrO4S/c1-20(16-27(30)31)17-28(32)34-26(15-14-22-10-5-6-13-25(22)29)23-11-7-12-24(18-23)33-19-21-8-3-2-4-9-21/h2-13,18,20,26H,14-17,19H2,1H3,(H,30,31)/t20?,26-/m0/s1. The minimum Gasteiger partial charge on any atom is -0.489 e. The Hall–Kier alpha value is -2.57. The Morgan fingerprint density at radius 2 is 1.71 bits per heavy atom. The summed E-state index contributed by atoms with van der Waals surface area (Å²) in [5.41, 5.74) is 3.31. The number of aryl methyl sites for hydroxylation is 1. The molecule has 178 valence electrons. The third kappa shape index (κ3) is 8.65. The van der Waals surface area contributed by atoms with Crippen LogP contribution in [0.3, 0.4) is 0 Å². The van der Waals surface area contributed by atoms with Crippen molar-refractivity contribution in [2.75, 3.05) is 0 Å². The zero-order valence-electron chi connectivity index (χ0n) is 19.2. The van der Waals surface area contributed by atoms with Gasteiger partial charge in [0.05, 0.1) is 0 Å². The third-order valence-corrected chi connectivity index (χ3v) is 7.42. The van der Waals surface area contributed by atoms with Crippen molar-refractivity contribution in [2.45, 2.75) is 44.5 Å². The zero-order chi connectivity index (χ0) is 24.3. The monoisotopic (exact) mass is 540 g/mol. The lowest BCUT2D eigenvalue weighted by Gasteiger charge is -2.19. The highest BCUT2D eigenvalue weighted by Gasteiger charge is 2.21. The molecule has 6 heteroatoms. The number of halogens is 1. The molecule has 0 bridgehead atoms. The van der Waals surface area contributed by atoms with Gasteiger partial charge < -0.3 is 9.84 Å². The van der Waals surface area contributed by atoms with E-state index in [-0.39, 0.29) is 29.1 Å². The SMILES string of the molecule is CC(CC(=O)O)CC(=O)S[C@@H](CCc1ccccc1Br)c1cccc(OCc2ccccc2)c1. The number of carbonyl (C=O) groups is 2. The first-order valence-corrected chi connectivity index (χ1v) is 13.0. The van der Waals surface area contributed by atoms with Gasteiger partial charge in [-0.15, -0.1) is 0 Å². The first-order chi connectivity index (χ1) is 16.4. The number of carbonyl (C=O) groups excluding carboxylic acids is 1. The summed E-state index contributed by atoms with van der Waals surface area (Å²) in [7, 11) is 0. The van der Waals surface area contributed by atoms with Crippen molar-refractivity contribution < 1.29 is 19.4 Å². The van der Waals surface area contributed by atoms with E-state index in [0.29, 0.717) is 6.61 Å². The molecule has 34 heavy (non-hydrogen) atoms. The minimum absolute atomic E-state index is 0.00323. The Morgan fingerprint density at radius 1 is 0.971 bits per heavy atom. The molecule has 0 fully saturated rings. The Balaban J connectivity index is 1.73. The molecule has 4 nitrogen and oxygen atoms in total. The number of thioether (sulfide) groups is 1. The summed E-state index contributed by atoms with van der Waals surface area (Å²) >= 11 is 4.91. The number of rotatable bonds is 12. The highest BCUT2D eigenvalue weighted by molar-refractivity contribution is 9.10. The summed E-state index contributed by atoms with van der Waals surface area (Å²) < 4.78 is 7.07. The highest BCUT2D eigenvalue weighted by atomic mass is 79.9. The van der Waals surface area contributed by atoms with Crippen LogP contribution in [0.4, 0.5) is 0 Å². The smallest absolute Gasteiger partial charge is 0.303 e. The van der Waals surface area contributed by atoms with E-state index in [9.17, 15) is 9.59 Å². The number of hydrogen-bond donors (Lipinski definition) is 1. The molecule has 2 atom stereocenters. The van der Waals surface area contributed by atoms with Crippen molar-refractivity contribution in [3.8, 4) is 5.75 Å². The number of aliphatic carboxylic acids is 1. The summed E-state index contributed by atoms with van der Waals surface area (Å²) in [6.45, 7) is 2.28. The molecule has 0 radical (unpaired) electrons. The molecule has 3 rings (SSSR count). The molecule has 0 aliphatic rings. The number of ether oxygens (including phenoxy) is 1. The fourth-order valence-corrected chi connectivity index (χ4v) is 5.39. The summed E-state index contributed by atoms with van der Waals surface area (Å²) in [5, 5.41) is 8.98. The fourth-order valence-electron chi connectivity index (χ4n) is 3.69. The van der Waals surface area contributed by atoms with Gasteiger partial charge in [0.15, 0.2) is 5.12 Å². The second-order valence-corrected chi connectivity index (χ2v) is 10.5. The van der Waals surface area contributed by atoms with E-state index in [1.165, 1.54) is 17.3 Å². The lowest BCUT2D eigenvalue weighted by atomic mass is 10.0. The van der Waals surface area contributed by atoms with Gasteiger partial charge in [0.25, 0.3) is 0 Å². The van der Waals surface area contributed by atoms with E-state index >= 15 is 0 Å². The van der Waals surface area contributed by atoms with Gasteiger partial charge in [0, 0.05) is 22.6 Å². The van der Waals surface area contributed by atoms with Crippen LogP contribution < -0.4 is 4.74 Å². The van der Waals surface area contributed by atoms with Gasteiger partial charge in [-0.1, -0.05) is 95.3 Å². The van der Waals surface area contributed by atoms with E-state index < -0.39 is 5.97 Å². The van der Waals surface area contributed by atoms with E-state index in [2.05, 4.69) is 22.0 Å². The largest absolute Gasteiger partial charge is 0.489 e. The molecular weight excluding hydrogens is 512 g/mol. The lowest BCUT2D eigenvalue weighted by Crippen LogP contribution is -2.10. The lowest BCUT2D eigenvalue weighted by molar-refractivity contribution is -0.138. The van der Waals surface area contributed by atoms with E-state index in [4.69, 9.17) is 9.84 Å². The number of carboxylic acids is 1. The van der Waals surface area contributed by atoms with Gasteiger partial charge in [0.2, 0.25) is 0 Å². The van der Waals surface area contributed by atoms with E-state index in [1.54, 1.807) is 6.92 Å². The Morgan fingerprint density at radius 3 is 2.44 bits per heavy atom. The van der Waals surface area contributed by atoms with Crippen molar-refractivity contribution in [2.24, 2.45) is 5.92 Å². The molecule has 0 saturated carbocycles. The molecule has 1 N–H and O–H groups in total. The highest BCUT2D eigenvalue weighted by Crippen LogP contribution is 2.37. The molecule has 3 aromatic carbocycles. The van der Waals surface area contributed by atoms with Crippen molar-refractivity contribution in [1.29, 1.82) is 0 Å². The number of hydrogen-bond acceptors (Lipinski definition) is 4. The predicted molar refractivity (Wildman–Crippen MR) is 141 cm³/mol. The van der Waals surface area contributed by atoms with Crippen LogP contribution in [0.2, 0.25) is 0 Å². The topological polar surface area (TPSA) is 63.6 Å². The van der Waals surface area contributed by atoms with Gasteiger partial charge in [-0.25, -0.2) is 0 Å². The van der Waals surface area contributed by atoms with Crippen molar-refractivity contribution in [3.05, 3.63) is 100 Å². The van der Waals surface area contributed by atoms with Gasteiger partial charge in [-0.3, -0.25) is 9.59 Å². The molecule has 3 aromatic rings. The van der Waals surface area contributed by atoms with Crippen LogP contribution in [-0.2, 0) is 22.6 Å². The summed E-state index contributed by atoms with van der Waals surface area (Å²) in [6.07, 6.45) is 1.82. The first-order valence-electron chi connectivity index (χ1n) is 11.3. The van der Waals surface area contributed by atoms with Crippen molar-refractivity contribution in [3.63, 3.8) is 0 Å². The maximum Gasteiger partial charge on any atom is 0.303 e. The van der Waals surface area contributed by atoms with Crippen LogP contribution in [0.1, 0.15) is 48.1 Å². The molecule has 0 heterocycles. The Kier molecular flexibility index (Phi) is 10.2. The van der Waals surface area contributed by atoms with Crippen LogP contribution >= 0.6 is 27.7 Å². The number of carboxylic acid groups (broad SMARTS) is 1. The van der Waals surface area contributed by atoms with Gasteiger partial charge in [0.1, 0.15) is 12.4 Å². The first kappa shape index (κ1) is 26.0. The normalized spacial score (nSPS) is 12.6. The average Bonchev–Trinajstić information content (AvgIpc) is 2.81. The predicted octanol–water partition coefficient (Wildman–Crippen LogP) is 7.46. The Bertz CT molecular complexity index is 1090. The number of benzene rings is 3. The van der Waals surface area contributed by atoms with Crippen LogP contribution in [0.25, 0.3) is 0 Å². The molecule has 0 aromatic heterocycles. The van der Waals surface area contributed by atoms with Crippen LogP contribution in [0, 0.1) is 5.92 Å². The van der Waals surface area contributed by atoms with Crippen molar-refractivity contribution in [1.82, 2.24) is 0 Å². The molecule has 0 spiro atoms. The summed E-state index contributed by atoms with van der Waals surface area (Å²) in [4.78, 5) is 23.8. The molecule has 0 aliphatic heterocycles. The maximum atomic E-state index is 12.8.